The summed E-state index contributed by atoms with van der Waals surface area (Å²) >= 11 is 3.75. The van der Waals surface area contributed by atoms with Crippen LogP contribution in [0, 0.1) is 0 Å². The number of anilines is 2. The first-order valence-corrected chi connectivity index (χ1v) is 12.3. The molecular weight excluding hydrogens is 380 g/mol. The van der Waals surface area contributed by atoms with E-state index in [1.54, 1.807) is 0 Å². The Morgan fingerprint density at radius 3 is 2.43 bits per heavy atom. The second kappa shape index (κ2) is 9.32. The van der Waals surface area contributed by atoms with Gasteiger partial charge in [-0.3, -0.25) is 0 Å². The van der Waals surface area contributed by atoms with Crippen molar-refractivity contribution in [3.63, 3.8) is 0 Å². The average Bonchev–Trinajstić information content (AvgIpc) is 3.10. The number of thiazole rings is 1. The summed E-state index contributed by atoms with van der Waals surface area (Å²) in [5, 5.41) is 1.30. The lowest BCUT2D eigenvalue weighted by Crippen LogP contribution is -2.14. The van der Waals surface area contributed by atoms with E-state index in [9.17, 15) is 0 Å². The number of aromatic nitrogens is 1. The van der Waals surface area contributed by atoms with Crippen LogP contribution in [0.25, 0.3) is 10.2 Å². The highest BCUT2D eigenvalue weighted by Crippen LogP contribution is 2.48. The molecule has 28 heavy (non-hydrogen) atoms. The van der Waals surface area contributed by atoms with E-state index in [1.165, 1.54) is 87.8 Å². The predicted molar refractivity (Wildman–Crippen MR) is 125 cm³/mol. The maximum atomic E-state index is 4.95. The molecular formula is C24H30N2S2. The Bertz CT molecular complexity index is 931. The van der Waals surface area contributed by atoms with Gasteiger partial charge in [0.05, 0.1) is 26.6 Å². The largest absolute Gasteiger partial charge is 0.343 e. The standard InChI is InChI=1S/C24H30N2S2/c1-3-4-5-6-7-8-9-10-15-24-25-18-16-23-20(17-22(18)28-24)26(2)19-13-11-12-14-21(19)27-23/h11-14,16-17H,3-10,15H2,1-2H3. The molecule has 4 heteroatoms. The van der Waals surface area contributed by atoms with Crippen LogP contribution in [0.5, 0.6) is 0 Å². The fraction of sp³-hybridized carbons (Fsp3) is 0.458. The number of unbranched alkanes of at least 4 members (excludes halogenated alkanes) is 7. The Hall–Kier alpha value is -1.52. The van der Waals surface area contributed by atoms with Crippen molar-refractivity contribution in [3.05, 3.63) is 41.4 Å². The second-order valence-electron chi connectivity index (χ2n) is 7.75. The third-order valence-corrected chi connectivity index (χ3v) is 7.76. The number of hydrogen-bond donors (Lipinski definition) is 0. The Morgan fingerprint density at radius 1 is 0.857 bits per heavy atom. The van der Waals surface area contributed by atoms with Gasteiger partial charge in [0.1, 0.15) is 0 Å². The van der Waals surface area contributed by atoms with Crippen LogP contribution >= 0.6 is 23.1 Å². The molecule has 1 aliphatic heterocycles. The number of aryl methyl sites for hydroxylation is 1. The highest BCUT2D eigenvalue weighted by Gasteiger charge is 2.21. The minimum atomic E-state index is 1.13. The Labute approximate surface area is 177 Å². The molecule has 0 unspecified atom stereocenters. The van der Waals surface area contributed by atoms with E-state index < -0.39 is 0 Å². The molecule has 0 fully saturated rings. The van der Waals surface area contributed by atoms with Crippen LogP contribution < -0.4 is 4.90 Å². The maximum absolute atomic E-state index is 4.95. The second-order valence-corrected chi connectivity index (χ2v) is 9.95. The number of para-hydroxylation sites is 1. The van der Waals surface area contributed by atoms with Crippen LogP contribution in [0.15, 0.2) is 46.2 Å². The van der Waals surface area contributed by atoms with E-state index in [0.29, 0.717) is 0 Å². The Kier molecular flexibility index (Phi) is 6.58. The van der Waals surface area contributed by atoms with Crippen LogP contribution in [0.1, 0.15) is 63.3 Å². The molecule has 4 rings (SSSR count). The lowest BCUT2D eigenvalue weighted by molar-refractivity contribution is 0.575. The van der Waals surface area contributed by atoms with Crippen LogP contribution in [0.3, 0.4) is 0 Å². The fourth-order valence-corrected chi connectivity index (χ4v) is 6.11. The lowest BCUT2D eigenvalue weighted by atomic mass is 10.1. The number of nitrogens with zero attached hydrogens (tertiary/aromatic N) is 2. The number of benzene rings is 2. The van der Waals surface area contributed by atoms with E-state index in [-0.39, 0.29) is 0 Å². The van der Waals surface area contributed by atoms with Gasteiger partial charge in [-0.25, -0.2) is 4.98 Å². The van der Waals surface area contributed by atoms with Gasteiger partial charge < -0.3 is 4.90 Å². The van der Waals surface area contributed by atoms with Crippen LogP contribution in [-0.4, -0.2) is 12.0 Å². The van der Waals surface area contributed by atoms with E-state index in [2.05, 4.69) is 55.3 Å². The number of rotatable bonds is 9. The normalized spacial score (nSPS) is 13.0. The molecule has 2 nitrogen and oxygen atoms in total. The van der Waals surface area contributed by atoms with Gasteiger partial charge in [0, 0.05) is 16.8 Å². The van der Waals surface area contributed by atoms with Crippen molar-refractivity contribution in [3.8, 4) is 0 Å². The SMILES string of the molecule is CCCCCCCCCCc1nc2cc3c(cc2s1)N(C)c1ccccc1S3. The molecule has 2 heterocycles. The molecule has 0 amide bonds. The summed E-state index contributed by atoms with van der Waals surface area (Å²) in [5.74, 6) is 0. The van der Waals surface area contributed by atoms with Gasteiger partial charge in [-0.15, -0.1) is 11.3 Å². The van der Waals surface area contributed by atoms with E-state index in [4.69, 9.17) is 4.98 Å². The third-order valence-electron chi connectivity index (χ3n) is 5.57. The van der Waals surface area contributed by atoms with Crippen molar-refractivity contribution in [2.24, 2.45) is 0 Å². The summed E-state index contributed by atoms with van der Waals surface area (Å²) in [7, 11) is 2.17. The van der Waals surface area contributed by atoms with E-state index in [0.717, 1.165) is 6.42 Å². The molecule has 0 radical (unpaired) electrons. The molecule has 0 saturated carbocycles. The fourth-order valence-electron chi connectivity index (χ4n) is 3.92. The van der Waals surface area contributed by atoms with Crippen molar-refractivity contribution in [1.29, 1.82) is 0 Å². The molecule has 0 spiro atoms. The summed E-state index contributed by atoms with van der Waals surface area (Å²) < 4.78 is 1.32. The van der Waals surface area contributed by atoms with Crippen LogP contribution in [0.4, 0.5) is 11.4 Å². The van der Waals surface area contributed by atoms with E-state index >= 15 is 0 Å². The molecule has 2 aromatic carbocycles. The average molecular weight is 411 g/mol. The van der Waals surface area contributed by atoms with Crippen molar-refractivity contribution in [2.45, 2.75) is 74.5 Å². The molecule has 0 bridgehead atoms. The topological polar surface area (TPSA) is 16.1 Å². The summed E-state index contributed by atoms with van der Waals surface area (Å²) in [6, 6.07) is 13.3. The molecule has 0 saturated heterocycles. The monoisotopic (exact) mass is 410 g/mol. The minimum absolute atomic E-state index is 1.13. The molecule has 1 aliphatic rings. The van der Waals surface area contributed by atoms with Gasteiger partial charge in [-0.2, -0.15) is 0 Å². The molecule has 1 aromatic heterocycles. The molecule has 148 valence electrons. The smallest absolute Gasteiger partial charge is 0.0938 e. The highest BCUT2D eigenvalue weighted by atomic mass is 32.2. The van der Waals surface area contributed by atoms with Gasteiger partial charge in [0.25, 0.3) is 0 Å². The zero-order valence-electron chi connectivity index (χ0n) is 17.0. The molecule has 0 atom stereocenters. The van der Waals surface area contributed by atoms with Gasteiger partial charge in [-0.05, 0) is 37.1 Å². The summed E-state index contributed by atoms with van der Waals surface area (Å²) in [5.41, 5.74) is 3.76. The molecule has 0 N–H and O–H groups in total. The van der Waals surface area contributed by atoms with Crippen molar-refractivity contribution >= 4 is 44.7 Å². The van der Waals surface area contributed by atoms with Crippen molar-refractivity contribution < 1.29 is 0 Å². The maximum Gasteiger partial charge on any atom is 0.0938 e. The van der Waals surface area contributed by atoms with Crippen LogP contribution in [0.2, 0.25) is 0 Å². The number of fused-ring (bicyclic) bond motifs is 3. The van der Waals surface area contributed by atoms with Crippen LogP contribution in [-0.2, 0) is 6.42 Å². The third kappa shape index (κ3) is 4.38. The van der Waals surface area contributed by atoms with Gasteiger partial charge in [-0.1, -0.05) is 75.8 Å². The molecule has 0 aliphatic carbocycles. The van der Waals surface area contributed by atoms with E-state index in [1.807, 2.05) is 23.1 Å². The highest BCUT2D eigenvalue weighted by molar-refractivity contribution is 7.99. The summed E-state index contributed by atoms with van der Waals surface area (Å²) in [6.45, 7) is 2.28. The Balaban J connectivity index is 1.38. The Morgan fingerprint density at radius 2 is 1.61 bits per heavy atom. The van der Waals surface area contributed by atoms with Gasteiger partial charge in [0.2, 0.25) is 0 Å². The zero-order chi connectivity index (χ0) is 19.3. The van der Waals surface area contributed by atoms with Crippen molar-refractivity contribution in [2.75, 3.05) is 11.9 Å². The number of hydrogen-bond acceptors (Lipinski definition) is 4. The summed E-state index contributed by atoms with van der Waals surface area (Å²) in [4.78, 5) is 9.91. The predicted octanol–water partition coefficient (Wildman–Crippen LogP) is 8.21. The summed E-state index contributed by atoms with van der Waals surface area (Å²) in [6.07, 6.45) is 12.1. The van der Waals surface area contributed by atoms with Crippen molar-refractivity contribution in [1.82, 2.24) is 4.98 Å². The first-order valence-electron chi connectivity index (χ1n) is 10.7. The van der Waals surface area contributed by atoms with Gasteiger partial charge in [0.15, 0.2) is 0 Å². The molecule has 3 aromatic rings. The first kappa shape index (κ1) is 19.8. The minimum Gasteiger partial charge on any atom is -0.343 e. The first-order chi connectivity index (χ1) is 13.8. The quantitative estimate of drug-likeness (QED) is 0.331. The van der Waals surface area contributed by atoms with Gasteiger partial charge >= 0.3 is 0 Å². The lowest BCUT2D eigenvalue weighted by Gasteiger charge is -2.29. The zero-order valence-corrected chi connectivity index (χ0v) is 18.7.